The first-order valence-corrected chi connectivity index (χ1v) is 5.59. The third-order valence-corrected chi connectivity index (χ3v) is 3.53. The van der Waals surface area contributed by atoms with Crippen molar-refractivity contribution in [2.75, 3.05) is 13.7 Å². The number of benzene rings is 1. The molecular weight excluding hydrogens is 186 g/mol. The van der Waals surface area contributed by atoms with Crippen LogP contribution < -0.4 is 5.73 Å². The Labute approximate surface area is 91.4 Å². The van der Waals surface area contributed by atoms with Crippen LogP contribution in [0.25, 0.3) is 0 Å². The largest absolute Gasteiger partial charge is 0.384 e. The molecule has 1 saturated carbocycles. The van der Waals surface area contributed by atoms with E-state index in [9.17, 15) is 0 Å². The van der Waals surface area contributed by atoms with Gasteiger partial charge in [-0.1, -0.05) is 30.7 Å². The third kappa shape index (κ3) is 1.92. The zero-order valence-corrected chi connectivity index (χ0v) is 9.33. The molecule has 0 radical (unpaired) electrons. The van der Waals surface area contributed by atoms with Crippen LogP contribution in [0, 0.1) is 0 Å². The Hall–Kier alpha value is -0.860. The molecule has 15 heavy (non-hydrogen) atoms. The Balaban J connectivity index is 2.19. The summed E-state index contributed by atoms with van der Waals surface area (Å²) in [6.07, 6.45) is 3.83. The van der Waals surface area contributed by atoms with Gasteiger partial charge in [0.15, 0.2) is 0 Å². The fraction of sp³-hybridized carbons (Fsp3) is 0.538. The standard InChI is InChI=1S/C13H19NO/c1-15-10-13(7-2-8-13)12-5-3-11(9-14)4-6-12/h3-6H,2,7-10,14H2,1H3. The molecule has 0 aromatic heterocycles. The van der Waals surface area contributed by atoms with E-state index in [1.807, 2.05) is 0 Å². The van der Waals surface area contributed by atoms with E-state index in [0.29, 0.717) is 12.0 Å². The first-order valence-electron chi connectivity index (χ1n) is 5.59. The first-order chi connectivity index (χ1) is 7.30. The van der Waals surface area contributed by atoms with E-state index in [1.54, 1.807) is 7.11 Å². The summed E-state index contributed by atoms with van der Waals surface area (Å²) in [5.74, 6) is 0. The van der Waals surface area contributed by atoms with Crippen molar-refractivity contribution in [1.29, 1.82) is 0 Å². The average Bonchev–Trinajstić information content (AvgIpc) is 2.24. The number of hydrogen-bond donors (Lipinski definition) is 1. The summed E-state index contributed by atoms with van der Waals surface area (Å²) >= 11 is 0. The van der Waals surface area contributed by atoms with Crippen LogP contribution in [0.3, 0.4) is 0 Å². The van der Waals surface area contributed by atoms with Gasteiger partial charge in [0.05, 0.1) is 6.61 Å². The summed E-state index contributed by atoms with van der Waals surface area (Å²) in [7, 11) is 1.79. The van der Waals surface area contributed by atoms with Crippen LogP contribution in [0.1, 0.15) is 30.4 Å². The zero-order valence-electron chi connectivity index (χ0n) is 9.33. The van der Waals surface area contributed by atoms with E-state index in [4.69, 9.17) is 10.5 Å². The van der Waals surface area contributed by atoms with Crippen molar-refractivity contribution < 1.29 is 4.74 Å². The van der Waals surface area contributed by atoms with Crippen LogP contribution in [0.15, 0.2) is 24.3 Å². The third-order valence-electron chi connectivity index (χ3n) is 3.53. The predicted octanol–water partition coefficient (Wildman–Crippen LogP) is 2.21. The van der Waals surface area contributed by atoms with Crippen LogP contribution in [0.5, 0.6) is 0 Å². The average molecular weight is 205 g/mol. The zero-order chi connectivity index (χ0) is 10.7. The highest BCUT2D eigenvalue weighted by Gasteiger charge is 2.38. The highest BCUT2D eigenvalue weighted by Crippen LogP contribution is 2.43. The van der Waals surface area contributed by atoms with E-state index in [1.165, 1.54) is 30.4 Å². The molecule has 1 fully saturated rings. The van der Waals surface area contributed by atoms with Crippen molar-refractivity contribution in [3.63, 3.8) is 0 Å². The van der Waals surface area contributed by atoms with E-state index in [2.05, 4.69) is 24.3 Å². The molecular formula is C13H19NO. The number of nitrogens with two attached hydrogens (primary N) is 1. The number of ether oxygens (including phenoxy) is 1. The molecule has 0 aliphatic heterocycles. The maximum absolute atomic E-state index is 5.59. The van der Waals surface area contributed by atoms with Crippen molar-refractivity contribution in [2.24, 2.45) is 5.73 Å². The summed E-state index contributed by atoms with van der Waals surface area (Å²) in [5.41, 5.74) is 8.49. The molecule has 0 saturated heterocycles. The fourth-order valence-electron chi connectivity index (χ4n) is 2.39. The Morgan fingerprint density at radius 3 is 2.33 bits per heavy atom. The van der Waals surface area contributed by atoms with Gasteiger partial charge in [0.2, 0.25) is 0 Å². The number of rotatable bonds is 4. The molecule has 1 aromatic rings. The molecule has 0 spiro atoms. The minimum absolute atomic E-state index is 0.294. The summed E-state index contributed by atoms with van der Waals surface area (Å²) in [5, 5.41) is 0. The summed E-state index contributed by atoms with van der Waals surface area (Å²) in [6.45, 7) is 1.46. The topological polar surface area (TPSA) is 35.2 Å². The lowest BCUT2D eigenvalue weighted by atomic mass is 9.65. The SMILES string of the molecule is COCC1(c2ccc(CN)cc2)CCC1. The maximum Gasteiger partial charge on any atom is 0.0559 e. The molecule has 1 aliphatic rings. The molecule has 2 rings (SSSR count). The van der Waals surface area contributed by atoms with Crippen molar-refractivity contribution in [2.45, 2.75) is 31.2 Å². The molecule has 2 heteroatoms. The lowest BCUT2D eigenvalue weighted by molar-refractivity contribution is 0.0792. The second-order valence-electron chi connectivity index (χ2n) is 4.47. The minimum atomic E-state index is 0.294. The summed E-state index contributed by atoms with van der Waals surface area (Å²) in [6, 6.07) is 8.68. The lowest BCUT2D eigenvalue weighted by Crippen LogP contribution is -2.38. The van der Waals surface area contributed by atoms with Crippen LogP contribution in [0.2, 0.25) is 0 Å². The van der Waals surface area contributed by atoms with Gasteiger partial charge >= 0.3 is 0 Å². The van der Waals surface area contributed by atoms with Gasteiger partial charge in [-0.25, -0.2) is 0 Å². The lowest BCUT2D eigenvalue weighted by Gasteiger charge is -2.42. The van der Waals surface area contributed by atoms with E-state index in [0.717, 1.165) is 6.61 Å². The monoisotopic (exact) mass is 205 g/mol. The smallest absolute Gasteiger partial charge is 0.0559 e. The normalized spacial score (nSPS) is 18.5. The molecule has 0 amide bonds. The number of methoxy groups -OCH3 is 1. The second kappa shape index (κ2) is 4.33. The van der Waals surface area contributed by atoms with Crippen LogP contribution in [0.4, 0.5) is 0 Å². The van der Waals surface area contributed by atoms with Gasteiger partial charge in [-0.15, -0.1) is 0 Å². The van der Waals surface area contributed by atoms with Gasteiger partial charge in [-0.2, -0.15) is 0 Å². The Morgan fingerprint density at radius 2 is 1.93 bits per heavy atom. The van der Waals surface area contributed by atoms with Gasteiger partial charge in [-0.3, -0.25) is 0 Å². The van der Waals surface area contributed by atoms with Gasteiger partial charge in [0.1, 0.15) is 0 Å². The highest BCUT2D eigenvalue weighted by atomic mass is 16.5. The molecule has 1 aliphatic carbocycles. The van der Waals surface area contributed by atoms with E-state index >= 15 is 0 Å². The quantitative estimate of drug-likeness (QED) is 0.818. The maximum atomic E-state index is 5.59. The molecule has 0 heterocycles. The van der Waals surface area contributed by atoms with Gasteiger partial charge in [-0.05, 0) is 24.0 Å². The predicted molar refractivity (Wildman–Crippen MR) is 61.7 cm³/mol. The van der Waals surface area contributed by atoms with Crippen LogP contribution in [-0.2, 0) is 16.7 Å². The van der Waals surface area contributed by atoms with Gasteiger partial charge < -0.3 is 10.5 Å². The Bertz CT molecular complexity index is 314. The molecule has 0 bridgehead atoms. The summed E-state index contributed by atoms with van der Waals surface area (Å²) in [4.78, 5) is 0. The molecule has 2 nitrogen and oxygen atoms in total. The fourth-order valence-corrected chi connectivity index (χ4v) is 2.39. The first kappa shape index (κ1) is 10.7. The van der Waals surface area contributed by atoms with Crippen molar-refractivity contribution in [3.8, 4) is 0 Å². The van der Waals surface area contributed by atoms with Crippen molar-refractivity contribution >= 4 is 0 Å². The van der Waals surface area contributed by atoms with E-state index < -0.39 is 0 Å². The number of hydrogen-bond acceptors (Lipinski definition) is 2. The highest BCUT2D eigenvalue weighted by molar-refractivity contribution is 5.31. The molecule has 1 aromatic carbocycles. The molecule has 0 unspecified atom stereocenters. The molecule has 82 valence electrons. The summed E-state index contributed by atoms with van der Waals surface area (Å²) < 4.78 is 5.34. The molecule has 2 N–H and O–H groups in total. The van der Waals surface area contributed by atoms with Crippen LogP contribution >= 0.6 is 0 Å². The van der Waals surface area contributed by atoms with E-state index in [-0.39, 0.29) is 0 Å². The van der Waals surface area contributed by atoms with Crippen molar-refractivity contribution in [1.82, 2.24) is 0 Å². The molecule has 0 atom stereocenters. The second-order valence-corrected chi connectivity index (χ2v) is 4.47. The van der Waals surface area contributed by atoms with Gasteiger partial charge in [0.25, 0.3) is 0 Å². The van der Waals surface area contributed by atoms with Crippen LogP contribution in [-0.4, -0.2) is 13.7 Å². The minimum Gasteiger partial charge on any atom is -0.384 e. The van der Waals surface area contributed by atoms with Gasteiger partial charge in [0, 0.05) is 19.1 Å². The Kier molecular flexibility index (Phi) is 3.08. The van der Waals surface area contributed by atoms with Crippen molar-refractivity contribution in [3.05, 3.63) is 35.4 Å². The Morgan fingerprint density at radius 1 is 1.27 bits per heavy atom.